The molecule has 0 saturated carbocycles. The molecule has 2 aliphatic heterocycles. The molecule has 0 saturated heterocycles. The maximum atomic E-state index is 12.2. The SMILES string of the molecule is COc1cccc(C2=N/C(=C/c3ccc4c(c3)OCO4)C(=O)N2)c1. The van der Waals surface area contributed by atoms with Crippen molar-refractivity contribution >= 4 is 17.8 Å². The number of carbonyl (C=O) groups excluding carboxylic acids is 1. The van der Waals surface area contributed by atoms with E-state index in [1.165, 1.54) is 0 Å². The van der Waals surface area contributed by atoms with E-state index in [1.54, 1.807) is 13.2 Å². The van der Waals surface area contributed by atoms with Crippen LogP contribution in [0.25, 0.3) is 6.08 Å². The van der Waals surface area contributed by atoms with Gasteiger partial charge < -0.3 is 19.5 Å². The number of fused-ring (bicyclic) bond motifs is 1. The minimum Gasteiger partial charge on any atom is -0.497 e. The van der Waals surface area contributed by atoms with Gasteiger partial charge in [0.05, 0.1) is 7.11 Å². The first-order valence-electron chi connectivity index (χ1n) is 7.39. The number of benzene rings is 2. The van der Waals surface area contributed by atoms with Gasteiger partial charge in [-0.25, -0.2) is 4.99 Å². The fourth-order valence-corrected chi connectivity index (χ4v) is 2.54. The number of rotatable bonds is 3. The van der Waals surface area contributed by atoms with Crippen molar-refractivity contribution in [3.63, 3.8) is 0 Å². The Morgan fingerprint density at radius 1 is 1.17 bits per heavy atom. The molecule has 0 fully saturated rings. The van der Waals surface area contributed by atoms with E-state index in [0.717, 1.165) is 11.1 Å². The fourth-order valence-electron chi connectivity index (χ4n) is 2.54. The third-order valence-electron chi connectivity index (χ3n) is 3.74. The molecule has 2 aliphatic rings. The molecule has 0 aromatic heterocycles. The smallest absolute Gasteiger partial charge is 0.275 e. The van der Waals surface area contributed by atoms with Crippen molar-refractivity contribution in [3.8, 4) is 17.2 Å². The van der Waals surface area contributed by atoms with E-state index < -0.39 is 0 Å². The molecule has 2 aromatic rings. The lowest BCUT2D eigenvalue weighted by Crippen LogP contribution is -2.24. The van der Waals surface area contributed by atoms with E-state index in [-0.39, 0.29) is 12.7 Å². The molecule has 6 heteroatoms. The Labute approximate surface area is 138 Å². The van der Waals surface area contributed by atoms with Crippen LogP contribution in [0.2, 0.25) is 0 Å². The molecule has 0 unspecified atom stereocenters. The number of ether oxygens (including phenoxy) is 3. The zero-order chi connectivity index (χ0) is 16.5. The van der Waals surface area contributed by atoms with E-state index in [4.69, 9.17) is 14.2 Å². The number of amidine groups is 1. The second-order valence-electron chi connectivity index (χ2n) is 5.29. The molecule has 120 valence electrons. The van der Waals surface area contributed by atoms with Crippen LogP contribution in [-0.2, 0) is 4.79 Å². The highest BCUT2D eigenvalue weighted by molar-refractivity contribution is 6.19. The maximum absolute atomic E-state index is 12.2. The van der Waals surface area contributed by atoms with Gasteiger partial charge in [-0.1, -0.05) is 18.2 Å². The second kappa shape index (κ2) is 5.73. The Bertz CT molecular complexity index is 886. The summed E-state index contributed by atoms with van der Waals surface area (Å²) in [7, 11) is 1.60. The van der Waals surface area contributed by atoms with Gasteiger partial charge in [-0.2, -0.15) is 0 Å². The van der Waals surface area contributed by atoms with Crippen LogP contribution in [0.3, 0.4) is 0 Å². The highest BCUT2D eigenvalue weighted by Gasteiger charge is 2.22. The number of hydrogen-bond donors (Lipinski definition) is 1. The number of aliphatic imine (C=N–C) groups is 1. The van der Waals surface area contributed by atoms with E-state index in [2.05, 4.69) is 10.3 Å². The first-order chi connectivity index (χ1) is 11.7. The third kappa shape index (κ3) is 2.58. The maximum Gasteiger partial charge on any atom is 0.275 e. The summed E-state index contributed by atoms with van der Waals surface area (Å²) in [5, 5.41) is 2.78. The van der Waals surface area contributed by atoms with Crippen LogP contribution in [0, 0.1) is 0 Å². The summed E-state index contributed by atoms with van der Waals surface area (Å²) in [4.78, 5) is 16.6. The molecule has 0 atom stereocenters. The van der Waals surface area contributed by atoms with Crippen molar-refractivity contribution in [3.05, 3.63) is 59.3 Å². The number of hydrogen-bond acceptors (Lipinski definition) is 5. The van der Waals surface area contributed by atoms with Gasteiger partial charge in [0.25, 0.3) is 5.91 Å². The van der Waals surface area contributed by atoms with Gasteiger partial charge >= 0.3 is 0 Å². The zero-order valence-electron chi connectivity index (χ0n) is 12.9. The first-order valence-corrected chi connectivity index (χ1v) is 7.39. The van der Waals surface area contributed by atoms with Crippen molar-refractivity contribution < 1.29 is 19.0 Å². The average Bonchev–Trinajstić information content (AvgIpc) is 3.21. The molecule has 24 heavy (non-hydrogen) atoms. The summed E-state index contributed by atoms with van der Waals surface area (Å²) in [6.07, 6.45) is 1.71. The monoisotopic (exact) mass is 322 g/mol. The summed E-state index contributed by atoms with van der Waals surface area (Å²) in [6, 6.07) is 12.9. The molecule has 0 bridgehead atoms. The molecular weight excluding hydrogens is 308 g/mol. The zero-order valence-corrected chi connectivity index (χ0v) is 12.9. The van der Waals surface area contributed by atoms with Crippen molar-refractivity contribution in [1.29, 1.82) is 0 Å². The van der Waals surface area contributed by atoms with Crippen molar-refractivity contribution in [2.75, 3.05) is 13.9 Å². The number of nitrogens with zero attached hydrogens (tertiary/aromatic N) is 1. The largest absolute Gasteiger partial charge is 0.497 e. The predicted octanol–water partition coefficient (Wildman–Crippen LogP) is 2.34. The number of methoxy groups -OCH3 is 1. The highest BCUT2D eigenvalue weighted by Crippen LogP contribution is 2.33. The van der Waals surface area contributed by atoms with Gasteiger partial charge in [0.15, 0.2) is 11.5 Å². The van der Waals surface area contributed by atoms with Gasteiger partial charge in [0, 0.05) is 5.56 Å². The highest BCUT2D eigenvalue weighted by atomic mass is 16.7. The molecule has 6 nitrogen and oxygen atoms in total. The quantitative estimate of drug-likeness (QED) is 0.881. The van der Waals surface area contributed by atoms with Crippen LogP contribution in [0.1, 0.15) is 11.1 Å². The molecule has 1 amide bonds. The van der Waals surface area contributed by atoms with Gasteiger partial charge in [0.2, 0.25) is 6.79 Å². The molecular formula is C18H14N2O4. The Hall–Kier alpha value is -3.28. The van der Waals surface area contributed by atoms with Crippen molar-refractivity contribution in [2.24, 2.45) is 4.99 Å². The van der Waals surface area contributed by atoms with Crippen LogP contribution in [0.4, 0.5) is 0 Å². The summed E-state index contributed by atoms with van der Waals surface area (Å²) < 4.78 is 15.8. The molecule has 4 rings (SSSR count). The number of amides is 1. The lowest BCUT2D eigenvalue weighted by atomic mass is 10.1. The average molecular weight is 322 g/mol. The van der Waals surface area contributed by atoms with E-state index >= 15 is 0 Å². The van der Waals surface area contributed by atoms with Gasteiger partial charge in [-0.15, -0.1) is 0 Å². The minimum atomic E-state index is -0.245. The topological polar surface area (TPSA) is 69.1 Å². The Kier molecular flexibility index (Phi) is 3.42. The van der Waals surface area contributed by atoms with Crippen LogP contribution < -0.4 is 19.5 Å². The Morgan fingerprint density at radius 2 is 2.04 bits per heavy atom. The third-order valence-corrected chi connectivity index (χ3v) is 3.74. The number of carbonyl (C=O) groups is 1. The summed E-state index contributed by atoms with van der Waals surface area (Å²) in [5.41, 5.74) is 1.95. The summed E-state index contributed by atoms with van der Waals surface area (Å²) in [5.74, 6) is 2.34. The molecule has 0 radical (unpaired) electrons. The van der Waals surface area contributed by atoms with Crippen LogP contribution in [0.5, 0.6) is 17.2 Å². The Balaban J connectivity index is 1.65. The van der Waals surface area contributed by atoms with Gasteiger partial charge in [0.1, 0.15) is 17.3 Å². The van der Waals surface area contributed by atoms with Crippen LogP contribution in [0.15, 0.2) is 53.2 Å². The lowest BCUT2D eigenvalue weighted by molar-refractivity contribution is -0.115. The fraction of sp³-hybridized carbons (Fsp3) is 0.111. The van der Waals surface area contributed by atoms with Gasteiger partial charge in [-0.3, -0.25) is 4.79 Å². The van der Waals surface area contributed by atoms with Crippen LogP contribution in [-0.4, -0.2) is 25.6 Å². The molecule has 0 aliphatic carbocycles. The standard InChI is InChI=1S/C18H14N2O4/c1-22-13-4-2-3-12(9-13)17-19-14(18(21)20-17)7-11-5-6-15-16(8-11)24-10-23-15/h2-9H,10H2,1H3,(H,19,20,21)/b14-7+. The summed E-state index contributed by atoms with van der Waals surface area (Å²) >= 11 is 0. The van der Waals surface area contributed by atoms with E-state index in [9.17, 15) is 4.79 Å². The number of nitrogens with one attached hydrogen (secondary N) is 1. The first kappa shape index (κ1) is 14.3. The van der Waals surface area contributed by atoms with Gasteiger partial charge in [-0.05, 0) is 35.9 Å². The predicted molar refractivity (Wildman–Crippen MR) is 88.2 cm³/mol. The lowest BCUT2D eigenvalue weighted by Gasteiger charge is -2.03. The Morgan fingerprint density at radius 3 is 2.92 bits per heavy atom. The summed E-state index contributed by atoms with van der Waals surface area (Å²) in [6.45, 7) is 0.216. The molecule has 0 spiro atoms. The van der Waals surface area contributed by atoms with Crippen LogP contribution >= 0.6 is 0 Å². The minimum absolute atomic E-state index is 0.216. The van der Waals surface area contributed by atoms with Crippen molar-refractivity contribution in [2.45, 2.75) is 0 Å². The molecule has 1 N–H and O–H groups in total. The second-order valence-corrected chi connectivity index (χ2v) is 5.29. The molecule has 2 aromatic carbocycles. The van der Waals surface area contributed by atoms with E-state index in [0.29, 0.717) is 28.8 Å². The molecule has 2 heterocycles. The normalized spacial score (nSPS) is 17.0. The van der Waals surface area contributed by atoms with E-state index in [1.807, 2.05) is 42.5 Å². The van der Waals surface area contributed by atoms with Crippen molar-refractivity contribution in [1.82, 2.24) is 5.32 Å².